The van der Waals surface area contributed by atoms with E-state index in [4.69, 9.17) is 4.52 Å². The molecule has 4 rings (SSSR count). The van der Waals surface area contributed by atoms with Gasteiger partial charge in [0.25, 0.3) is 0 Å². The van der Waals surface area contributed by atoms with Crippen LogP contribution < -0.4 is 10.6 Å². The molecular weight excluding hydrogens is 426 g/mol. The average molecular weight is 460 g/mol. The maximum atomic E-state index is 12.5. The molecule has 2 aliphatic carbocycles. The number of aromatic nitrogens is 3. The van der Waals surface area contributed by atoms with Gasteiger partial charge in [0.2, 0.25) is 17.7 Å². The number of nitrogens with one attached hydrogen (secondary N) is 2. The minimum absolute atomic E-state index is 0.0878. The second kappa shape index (κ2) is 10.6. The lowest BCUT2D eigenvalue weighted by Gasteiger charge is -2.30. The SMILES string of the molecule is CC(=O)NC1(c2noc(CCC(=O)Nc3nc4c(s3)CCCCCC4)n2)CCCCCC1. The second-order valence-electron chi connectivity index (χ2n) is 9.04. The number of thiazole rings is 1. The quantitative estimate of drug-likeness (QED) is 0.618. The number of fused-ring (bicyclic) bond motifs is 1. The Morgan fingerprint density at radius 3 is 2.47 bits per heavy atom. The number of nitrogens with zero attached hydrogens (tertiary/aromatic N) is 3. The summed E-state index contributed by atoms with van der Waals surface area (Å²) in [7, 11) is 0. The highest BCUT2D eigenvalue weighted by Gasteiger charge is 2.38. The Hall–Kier alpha value is -2.29. The lowest BCUT2D eigenvalue weighted by molar-refractivity contribution is -0.121. The fraction of sp³-hybridized carbons (Fsp3) is 0.696. The fourth-order valence-electron chi connectivity index (χ4n) is 4.79. The fourth-order valence-corrected chi connectivity index (χ4v) is 5.85. The van der Waals surface area contributed by atoms with Gasteiger partial charge in [0, 0.05) is 24.6 Å². The molecule has 2 aromatic heterocycles. The zero-order valence-corrected chi connectivity index (χ0v) is 19.7. The Morgan fingerprint density at radius 1 is 1.00 bits per heavy atom. The minimum Gasteiger partial charge on any atom is -0.343 e. The summed E-state index contributed by atoms with van der Waals surface area (Å²) in [6, 6.07) is 0. The van der Waals surface area contributed by atoms with Gasteiger partial charge in [-0.3, -0.25) is 9.59 Å². The van der Waals surface area contributed by atoms with Crippen molar-refractivity contribution >= 4 is 28.3 Å². The molecule has 0 bridgehead atoms. The van der Waals surface area contributed by atoms with Gasteiger partial charge in [0.05, 0.1) is 5.69 Å². The van der Waals surface area contributed by atoms with Gasteiger partial charge in [-0.05, 0) is 38.5 Å². The number of carbonyl (C=O) groups is 2. The molecule has 0 radical (unpaired) electrons. The van der Waals surface area contributed by atoms with E-state index in [1.54, 1.807) is 11.3 Å². The van der Waals surface area contributed by atoms with Crippen LogP contribution in [0.4, 0.5) is 5.13 Å². The van der Waals surface area contributed by atoms with E-state index in [1.165, 1.54) is 37.5 Å². The molecular formula is C23H33N5O3S. The first kappa shape index (κ1) is 22.9. The molecule has 0 saturated heterocycles. The molecule has 0 unspecified atom stereocenters. The zero-order chi connectivity index (χ0) is 22.4. The van der Waals surface area contributed by atoms with Crippen molar-refractivity contribution in [1.29, 1.82) is 0 Å². The van der Waals surface area contributed by atoms with Crippen molar-refractivity contribution in [3.05, 3.63) is 22.3 Å². The summed E-state index contributed by atoms with van der Waals surface area (Å²) in [5, 5.41) is 10.9. The third-order valence-electron chi connectivity index (χ3n) is 6.43. The first-order chi connectivity index (χ1) is 15.5. The second-order valence-corrected chi connectivity index (χ2v) is 10.1. The number of aryl methyl sites for hydroxylation is 3. The first-order valence-corrected chi connectivity index (χ1v) is 12.8. The number of hydrogen-bond acceptors (Lipinski definition) is 7. The van der Waals surface area contributed by atoms with Crippen molar-refractivity contribution < 1.29 is 14.1 Å². The van der Waals surface area contributed by atoms with E-state index >= 15 is 0 Å². The molecule has 9 heteroatoms. The predicted octanol–water partition coefficient (Wildman–Crippen LogP) is 4.44. The predicted molar refractivity (Wildman–Crippen MR) is 122 cm³/mol. The number of carbonyl (C=O) groups excluding carboxylic acids is 2. The molecule has 2 aliphatic rings. The first-order valence-electron chi connectivity index (χ1n) is 11.9. The van der Waals surface area contributed by atoms with Gasteiger partial charge in [-0.25, -0.2) is 4.98 Å². The number of rotatable bonds is 6. The average Bonchev–Trinajstić information content (AvgIpc) is 3.28. The van der Waals surface area contributed by atoms with Crippen molar-refractivity contribution in [3.63, 3.8) is 0 Å². The van der Waals surface area contributed by atoms with Crippen LogP contribution in [0.3, 0.4) is 0 Å². The molecule has 2 amide bonds. The summed E-state index contributed by atoms with van der Waals surface area (Å²) >= 11 is 1.60. The minimum atomic E-state index is -0.566. The number of hydrogen-bond donors (Lipinski definition) is 2. The van der Waals surface area contributed by atoms with Crippen LogP contribution in [0.5, 0.6) is 0 Å². The monoisotopic (exact) mass is 459 g/mol. The van der Waals surface area contributed by atoms with Gasteiger partial charge in [-0.1, -0.05) is 43.7 Å². The maximum absolute atomic E-state index is 12.5. The van der Waals surface area contributed by atoms with Crippen molar-refractivity contribution in [2.75, 3.05) is 5.32 Å². The molecule has 0 aliphatic heterocycles. The summed E-state index contributed by atoms with van der Waals surface area (Å²) in [6.45, 7) is 1.53. The molecule has 32 heavy (non-hydrogen) atoms. The van der Waals surface area contributed by atoms with E-state index in [-0.39, 0.29) is 18.2 Å². The van der Waals surface area contributed by atoms with E-state index in [1.807, 2.05) is 0 Å². The molecule has 2 aromatic rings. The van der Waals surface area contributed by atoms with Gasteiger partial charge >= 0.3 is 0 Å². The Balaban J connectivity index is 1.35. The van der Waals surface area contributed by atoms with E-state index in [9.17, 15) is 9.59 Å². The summed E-state index contributed by atoms with van der Waals surface area (Å²) in [5.74, 6) is 0.771. The molecule has 2 N–H and O–H groups in total. The van der Waals surface area contributed by atoms with Gasteiger partial charge in [-0.2, -0.15) is 4.98 Å². The third kappa shape index (κ3) is 5.74. The van der Waals surface area contributed by atoms with Crippen LogP contribution >= 0.6 is 11.3 Å². The van der Waals surface area contributed by atoms with Crippen molar-refractivity contribution in [1.82, 2.24) is 20.4 Å². The smallest absolute Gasteiger partial charge is 0.227 e. The normalized spacial score (nSPS) is 18.7. The van der Waals surface area contributed by atoms with Gasteiger partial charge < -0.3 is 15.2 Å². The summed E-state index contributed by atoms with van der Waals surface area (Å²) in [5.41, 5.74) is 0.585. The third-order valence-corrected chi connectivity index (χ3v) is 7.50. The van der Waals surface area contributed by atoms with Crippen molar-refractivity contribution in [3.8, 4) is 0 Å². The van der Waals surface area contributed by atoms with Crippen LogP contribution in [0.1, 0.15) is 99.8 Å². The van der Waals surface area contributed by atoms with E-state index in [0.29, 0.717) is 23.3 Å². The largest absolute Gasteiger partial charge is 0.343 e. The topological polar surface area (TPSA) is 110 Å². The van der Waals surface area contributed by atoms with Gasteiger partial charge in [0.15, 0.2) is 11.0 Å². The molecule has 8 nitrogen and oxygen atoms in total. The Morgan fingerprint density at radius 2 is 1.72 bits per heavy atom. The van der Waals surface area contributed by atoms with Crippen LogP contribution in [0.2, 0.25) is 0 Å². The highest BCUT2D eigenvalue weighted by Crippen LogP contribution is 2.34. The zero-order valence-electron chi connectivity index (χ0n) is 18.9. The van der Waals surface area contributed by atoms with Crippen LogP contribution in [-0.4, -0.2) is 26.9 Å². The molecule has 0 aromatic carbocycles. The van der Waals surface area contributed by atoms with Crippen LogP contribution in [0.15, 0.2) is 4.52 Å². The standard InChI is InChI=1S/C23H33N5O3S/c1-16(29)27-23(14-8-4-5-9-15-23)21-26-20(31-28-21)13-12-19(30)25-22-24-17-10-6-2-3-7-11-18(17)32-22/h2-15H2,1H3,(H,27,29)(H,24,25,30). The number of amides is 2. The van der Waals surface area contributed by atoms with Crippen LogP contribution in [-0.2, 0) is 34.4 Å². The van der Waals surface area contributed by atoms with Crippen molar-refractivity contribution in [2.45, 2.75) is 102 Å². The Labute approximate surface area is 193 Å². The highest BCUT2D eigenvalue weighted by atomic mass is 32.1. The number of anilines is 1. The summed E-state index contributed by atoms with van der Waals surface area (Å²) in [4.78, 5) is 34.9. The Bertz CT molecular complexity index is 904. The lowest BCUT2D eigenvalue weighted by atomic mass is 9.89. The van der Waals surface area contributed by atoms with Gasteiger partial charge in [-0.15, -0.1) is 11.3 Å². The molecule has 1 saturated carbocycles. The van der Waals surface area contributed by atoms with E-state index < -0.39 is 5.54 Å². The van der Waals surface area contributed by atoms with Gasteiger partial charge in [0.1, 0.15) is 5.54 Å². The van der Waals surface area contributed by atoms with Crippen molar-refractivity contribution in [2.24, 2.45) is 0 Å². The molecule has 0 spiro atoms. The van der Waals surface area contributed by atoms with Crippen LogP contribution in [0.25, 0.3) is 0 Å². The summed E-state index contributed by atoms with van der Waals surface area (Å²) in [6.07, 6.45) is 13.5. The Kier molecular flexibility index (Phi) is 7.55. The molecule has 1 fully saturated rings. The van der Waals surface area contributed by atoms with E-state index in [0.717, 1.165) is 57.1 Å². The molecule has 2 heterocycles. The molecule has 174 valence electrons. The molecule has 0 atom stereocenters. The maximum Gasteiger partial charge on any atom is 0.227 e. The summed E-state index contributed by atoms with van der Waals surface area (Å²) < 4.78 is 5.45. The van der Waals surface area contributed by atoms with Crippen LogP contribution in [0, 0.1) is 0 Å². The highest BCUT2D eigenvalue weighted by molar-refractivity contribution is 7.15. The van der Waals surface area contributed by atoms with E-state index in [2.05, 4.69) is 25.8 Å². The lowest BCUT2D eigenvalue weighted by Crippen LogP contribution is -2.45.